The van der Waals surface area contributed by atoms with Crippen molar-refractivity contribution in [3.05, 3.63) is 45.6 Å². The molecule has 0 bridgehead atoms. The van der Waals surface area contributed by atoms with Gasteiger partial charge in [0.15, 0.2) is 0 Å². The lowest BCUT2D eigenvalue weighted by atomic mass is 10.1. The lowest BCUT2D eigenvalue weighted by Crippen LogP contribution is -1.93. The number of hydrogen-bond acceptors (Lipinski definition) is 2. The summed E-state index contributed by atoms with van der Waals surface area (Å²) in [6, 6.07) is 3.00. The molecule has 0 heterocycles. The van der Waals surface area contributed by atoms with Crippen LogP contribution in [0.1, 0.15) is 17.5 Å². The highest BCUT2D eigenvalue weighted by molar-refractivity contribution is 5.58. The lowest BCUT2D eigenvalue weighted by Gasteiger charge is -2.03. The average Bonchev–Trinajstić information content (AvgIpc) is 2.25. The fraction of sp³-hybridized carbons (Fsp3) is 0.273. The zero-order valence-corrected chi connectivity index (χ0v) is 9.02. The Morgan fingerprint density at radius 2 is 2.31 bits per heavy atom. The number of nitrogens with zero attached hydrogens (tertiary/aromatic N) is 3. The molecule has 5 heteroatoms. The molecule has 0 amide bonds. The van der Waals surface area contributed by atoms with Crippen LogP contribution < -0.4 is 5.73 Å². The molecule has 0 aliphatic rings. The van der Waals surface area contributed by atoms with Crippen LogP contribution >= 0.6 is 0 Å². The van der Waals surface area contributed by atoms with Gasteiger partial charge >= 0.3 is 0 Å². The van der Waals surface area contributed by atoms with E-state index in [1.54, 1.807) is 12.1 Å². The van der Waals surface area contributed by atoms with E-state index in [2.05, 4.69) is 10.0 Å². The van der Waals surface area contributed by atoms with Crippen LogP contribution in [0.25, 0.3) is 16.5 Å². The highest BCUT2D eigenvalue weighted by atomic mass is 19.1. The first-order valence-electron chi connectivity index (χ1n) is 4.88. The molecule has 0 fully saturated rings. The normalized spacial score (nSPS) is 10.4. The summed E-state index contributed by atoms with van der Waals surface area (Å²) in [4.78, 5) is 2.64. The van der Waals surface area contributed by atoms with Crippen molar-refractivity contribution in [2.24, 2.45) is 5.11 Å². The maximum Gasteiger partial charge on any atom is 0.146 e. The predicted octanol–water partition coefficient (Wildman–Crippen LogP) is 3.43. The number of aryl methyl sites for hydroxylation is 1. The molecule has 16 heavy (non-hydrogen) atoms. The van der Waals surface area contributed by atoms with Crippen molar-refractivity contribution < 1.29 is 4.39 Å². The molecule has 84 valence electrons. The van der Waals surface area contributed by atoms with Gasteiger partial charge in [-0.15, -0.1) is 0 Å². The third-order valence-corrected chi connectivity index (χ3v) is 2.14. The van der Waals surface area contributed by atoms with E-state index in [0.717, 1.165) is 11.1 Å². The van der Waals surface area contributed by atoms with Gasteiger partial charge in [0.1, 0.15) is 5.82 Å². The van der Waals surface area contributed by atoms with Crippen molar-refractivity contribution in [2.45, 2.75) is 13.3 Å². The van der Waals surface area contributed by atoms with Crippen LogP contribution in [0, 0.1) is 12.7 Å². The Balaban J connectivity index is 2.73. The topological polar surface area (TPSA) is 74.8 Å². The summed E-state index contributed by atoms with van der Waals surface area (Å²) in [7, 11) is 0. The van der Waals surface area contributed by atoms with E-state index < -0.39 is 5.82 Å². The third-order valence-electron chi connectivity index (χ3n) is 2.14. The molecule has 4 nitrogen and oxygen atoms in total. The molecule has 0 atom stereocenters. The van der Waals surface area contributed by atoms with Gasteiger partial charge in [-0.2, -0.15) is 0 Å². The quantitative estimate of drug-likeness (QED) is 0.272. The van der Waals surface area contributed by atoms with E-state index in [9.17, 15) is 4.39 Å². The predicted molar refractivity (Wildman–Crippen MR) is 63.2 cm³/mol. The van der Waals surface area contributed by atoms with Gasteiger partial charge in [0.05, 0.1) is 5.69 Å². The molecule has 1 rings (SSSR count). The van der Waals surface area contributed by atoms with E-state index >= 15 is 0 Å². The van der Waals surface area contributed by atoms with Crippen LogP contribution in [0.15, 0.2) is 23.3 Å². The minimum Gasteiger partial charge on any atom is -0.396 e. The molecule has 0 saturated carbocycles. The van der Waals surface area contributed by atoms with Gasteiger partial charge in [-0.1, -0.05) is 17.3 Å². The standard InChI is InChI=1S/C11H13FN4/c1-8-6-11(13)10(12)7-9(8)4-2-3-5-15-16-14/h2,4,6-7H,3,5,13H2,1H3. The van der Waals surface area contributed by atoms with Gasteiger partial charge in [-0.3, -0.25) is 0 Å². The number of anilines is 1. The van der Waals surface area contributed by atoms with Crippen molar-refractivity contribution in [3.8, 4) is 0 Å². The van der Waals surface area contributed by atoms with Gasteiger partial charge in [-0.25, -0.2) is 4.39 Å². The van der Waals surface area contributed by atoms with Crippen molar-refractivity contribution in [3.63, 3.8) is 0 Å². The number of rotatable bonds is 4. The van der Waals surface area contributed by atoms with E-state index in [0.29, 0.717) is 13.0 Å². The van der Waals surface area contributed by atoms with E-state index in [4.69, 9.17) is 11.3 Å². The monoisotopic (exact) mass is 220 g/mol. The molecule has 0 radical (unpaired) electrons. The van der Waals surface area contributed by atoms with Crippen LogP contribution in [-0.2, 0) is 0 Å². The number of azide groups is 1. The summed E-state index contributed by atoms with van der Waals surface area (Å²) in [5.74, 6) is -0.416. The van der Waals surface area contributed by atoms with Gasteiger partial charge in [0, 0.05) is 11.5 Å². The fourth-order valence-corrected chi connectivity index (χ4v) is 1.29. The molecule has 2 N–H and O–H groups in total. The van der Waals surface area contributed by atoms with Crippen molar-refractivity contribution >= 4 is 11.8 Å². The van der Waals surface area contributed by atoms with Crippen LogP contribution in [-0.4, -0.2) is 6.54 Å². The van der Waals surface area contributed by atoms with Gasteiger partial charge in [-0.05, 0) is 42.1 Å². The lowest BCUT2D eigenvalue weighted by molar-refractivity contribution is 0.632. The number of benzene rings is 1. The summed E-state index contributed by atoms with van der Waals surface area (Å²) in [6.45, 7) is 2.27. The minimum absolute atomic E-state index is 0.156. The fourth-order valence-electron chi connectivity index (χ4n) is 1.29. The zero-order chi connectivity index (χ0) is 12.0. The number of halogens is 1. The minimum atomic E-state index is -0.416. The van der Waals surface area contributed by atoms with Crippen LogP contribution in [0.3, 0.4) is 0 Å². The molecule has 0 unspecified atom stereocenters. The van der Waals surface area contributed by atoms with E-state index in [-0.39, 0.29) is 5.69 Å². The number of hydrogen-bond donors (Lipinski definition) is 1. The summed E-state index contributed by atoms with van der Waals surface area (Å²) < 4.78 is 13.2. The Kier molecular flexibility index (Phi) is 4.36. The SMILES string of the molecule is Cc1cc(N)c(F)cc1C=CCCN=[N+]=[N-]. The van der Waals surface area contributed by atoms with Gasteiger partial charge < -0.3 is 5.73 Å². The molecule has 0 aliphatic heterocycles. The van der Waals surface area contributed by atoms with E-state index in [1.807, 2.05) is 13.0 Å². The maximum atomic E-state index is 13.2. The Morgan fingerprint density at radius 3 is 3.00 bits per heavy atom. The zero-order valence-electron chi connectivity index (χ0n) is 9.02. The smallest absolute Gasteiger partial charge is 0.146 e. The van der Waals surface area contributed by atoms with Gasteiger partial charge in [0.25, 0.3) is 0 Å². The number of nitrogen functional groups attached to an aromatic ring is 1. The highest BCUT2D eigenvalue weighted by Gasteiger charge is 2.01. The largest absolute Gasteiger partial charge is 0.396 e. The Hall–Kier alpha value is -2.00. The molecule has 0 aliphatic carbocycles. The Morgan fingerprint density at radius 1 is 1.56 bits per heavy atom. The molecule has 0 saturated heterocycles. The van der Waals surface area contributed by atoms with Crippen LogP contribution in [0.5, 0.6) is 0 Å². The second kappa shape index (κ2) is 5.78. The second-order valence-corrected chi connectivity index (χ2v) is 3.38. The molecule has 0 aromatic heterocycles. The van der Waals surface area contributed by atoms with E-state index in [1.165, 1.54) is 6.07 Å². The average molecular weight is 220 g/mol. The first kappa shape index (κ1) is 12.1. The summed E-state index contributed by atoms with van der Waals surface area (Å²) in [5, 5.41) is 3.39. The summed E-state index contributed by atoms with van der Waals surface area (Å²) >= 11 is 0. The highest BCUT2D eigenvalue weighted by Crippen LogP contribution is 2.18. The third kappa shape index (κ3) is 3.29. The molecular weight excluding hydrogens is 207 g/mol. The second-order valence-electron chi connectivity index (χ2n) is 3.38. The van der Waals surface area contributed by atoms with Crippen molar-refractivity contribution in [1.82, 2.24) is 0 Å². The van der Waals surface area contributed by atoms with Gasteiger partial charge in [0.2, 0.25) is 0 Å². The molecular formula is C11H13FN4. The number of nitrogens with two attached hydrogens (primary N) is 1. The first-order chi connectivity index (χ1) is 7.65. The molecule has 1 aromatic carbocycles. The Labute approximate surface area is 93.2 Å². The Bertz CT molecular complexity index is 448. The van der Waals surface area contributed by atoms with Crippen molar-refractivity contribution in [1.29, 1.82) is 0 Å². The first-order valence-corrected chi connectivity index (χ1v) is 4.88. The molecule has 1 aromatic rings. The summed E-state index contributed by atoms with van der Waals surface area (Å²) in [6.07, 6.45) is 4.27. The van der Waals surface area contributed by atoms with Crippen molar-refractivity contribution in [2.75, 3.05) is 12.3 Å². The molecule has 0 spiro atoms. The van der Waals surface area contributed by atoms with Crippen LogP contribution in [0.2, 0.25) is 0 Å². The van der Waals surface area contributed by atoms with Crippen LogP contribution in [0.4, 0.5) is 10.1 Å². The maximum absolute atomic E-state index is 13.2. The summed E-state index contributed by atoms with van der Waals surface area (Å²) in [5.41, 5.74) is 15.4.